The third-order valence-corrected chi connectivity index (χ3v) is 5.38. The van der Waals surface area contributed by atoms with Crippen molar-refractivity contribution in [1.29, 1.82) is 0 Å². The Bertz CT molecular complexity index is 1030. The maximum atomic E-state index is 13.3. The Morgan fingerprint density at radius 1 is 1.04 bits per heavy atom. The van der Waals surface area contributed by atoms with Gasteiger partial charge in [0.05, 0.1) is 10.5 Å². The van der Waals surface area contributed by atoms with Crippen LogP contribution in [0.5, 0.6) is 0 Å². The molecule has 0 aliphatic rings. The molecule has 0 aliphatic heterocycles. The minimum Gasteiger partial charge on any atom is -0.361 e. The minimum atomic E-state index is -4.53. The van der Waals surface area contributed by atoms with Crippen LogP contribution < -0.4 is 4.72 Å². The lowest BCUT2D eigenvalue weighted by Crippen LogP contribution is -2.26. The molecular formula is C17H14F4N2O2S. The summed E-state index contributed by atoms with van der Waals surface area (Å²) in [5.41, 5.74) is 0.541. The highest BCUT2D eigenvalue weighted by Crippen LogP contribution is 2.29. The first-order valence-electron chi connectivity index (χ1n) is 7.59. The average Bonchev–Trinajstić information content (AvgIpc) is 2.96. The zero-order chi connectivity index (χ0) is 18.9. The molecule has 0 atom stereocenters. The number of hydrogen-bond acceptors (Lipinski definition) is 2. The predicted octanol–water partition coefficient (Wildman–Crippen LogP) is 3.85. The molecule has 0 radical (unpaired) electrons. The lowest BCUT2D eigenvalue weighted by molar-refractivity contribution is -0.137. The number of H-pyrrole nitrogens is 1. The number of halogens is 4. The number of nitrogens with one attached hydrogen (secondary N) is 2. The fourth-order valence-corrected chi connectivity index (χ4v) is 3.62. The second kappa shape index (κ2) is 6.73. The summed E-state index contributed by atoms with van der Waals surface area (Å²) in [7, 11) is -3.94. The maximum Gasteiger partial charge on any atom is 0.416 e. The van der Waals surface area contributed by atoms with Crippen molar-refractivity contribution in [3.63, 3.8) is 0 Å². The van der Waals surface area contributed by atoms with Crippen LogP contribution >= 0.6 is 0 Å². The number of fused-ring (bicyclic) bond motifs is 1. The summed E-state index contributed by atoms with van der Waals surface area (Å²) >= 11 is 0. The molecule has 26 heavy (non-hydrogen) atoms. The first-order valence-corrected chi connectivity index (χ1v) is 9.07. The Morgan fingerprint density at radius 3 is 2.38 bits per heavy atom. The van der Waals surface area contributed by atoms with Crippen LogP contribution in [0.25, 0.3) is 10.9 Å². The number of aromatic nitrogens is 1. The van der Waals surface area contributed by atoms with Crippen molar-refractivity contribution in [3.05, 3.63) is 65.6 Å². The summed E-state index contributed by atoms with van der Waals surface area (Å²) in [4.78, 5) is 2.71. The lowest BCUT2D eigenvalue weighted by Gasteiger charge is -2.09. The molecule has 0 aliphatic carbocycles. The van der Waals surface area contributed by atoms with Crippen LogP contribution in [0, 0.1) is 5.82 Å². The maximum absolute atomic E-state index is 13.3. The summed E-state index contributed by atoms with van der Waals surface area (Å²) in [6, 6.07) is 7.51. The number of benzene rings is 2. The lowest BCUT2D eigenvalue weighted by atomic mass is 10.1. The Hall–Kier alpha value is -2.39. The molecule has 0 fully saturated rings. The van der Waals surface area contributed by atoms with E-state index in [4.69, 9.17) is 0 Å². The van der Waals surface area contributed by atoms with Gasteiger partial charge in [-0.2, -0.15) is 13.2 Å². The molecule has 0 unspecified atom stereocenters. The van der Waals surface area contributed by atoms with Gasteiger partial charge in [0, 0.05) is 23.6 Å². The number of hydrogen-bond donors (Lipinski definition) is 2. The summed E-state index contributed by atoms with van der Waals surface area (Å²) in [5, 5.41) is 0.652. The predicted molar refractivity (Wildman–Crippen MR) is 88.6 cm³/mol. The Balaban J connectivity index is 1.69. The van der Waals surface area contributed by atoms with Gasteiger partial charge in [-0.05, 0) is 54.4 Å². The summed E-state index contributed by atoms with van der Waals surface area (Å²) < 4.78 is 77.6. The second-order valence-corrected chi connectivity index (χ2v) is 7.44. The van der Waals surface area contributed by atoms with E-state index in [1.807, 2.05) is 0 Å². The van der Waals surface area contributed by atoms with E-state index in [1.54, 1.807) is 12.3 Å². The first-order chi connectivity index (χ1) is 12.2. The normalized spacial score (nSPS) is 12.6. The van der Waals surface area contributed by atoms with Crippen LogP contribution in [-0.2, 0) is 22.6 Å². The highest BCUT2D eigenvalue weighted by Gasteiger charge is 2.30. The molecule has 0 bridgehead atoms. The van der Waals surface area contributed by atoms with E-state index >= 15 is 0 Å². The largest absolute Gasteiger partial charge is 0.416 e. The van der Waals surface area contributed by atoms with Gasteiger partial charge in [-0.15, -0.1) is 0 Å². The molecule has 2 aromatic carbocycles. The van der Waals surface area contributed by atoms with Gasteiger partial charge in [0.15, 0.2) is 0 Å². The first kappa shape index (κ1) is 18.4. The van der Waals surface area contributed by atoms with E-state index in [1.165, 1.54) is 12.1 Å². The van der Waals surface area contributed by atoms with Crippen LogP contribution in [0.1, 0.15) is 11.1 Å². The zero-order valence-electron chi connectivity index (χ0n) is 13.3. The van der Waals surface area contributed by atoms with Crippen LogP contribution in [0.15, 0.2) is 53.6 Å². The van der Waals surface area contributed by atoms with Crippen molar-refractivity contribution in [2.45, 2.75) is 17.5 Å². The molecule has 0 amide bonds. The molecule has 3 rings (SSSR count). The van der Waals surface area contributed by atoms with Gasteiger partial charge in [0.25, 0.3) is 0 Å². The van der Waals surface area contributed by atoms with Gasteiger partial charge in [0.2, 0.25) is 10.0 Å². The van der Waals surface area contributed by atoms with E-state index in [2.05, 4.69) is 9.71 Å². The third-order valence-electron chi connectivity index (χ3n) is 3.91. The van der Waals surface area contributed by atoms with Gasteiger partial charge in [-0.25, -0.2) is 17.5 Å². The Morgan fingerprint density at radius 2 is 1.73 bits per heavy atom. The van der Waals surface area contributed by atoms with Gasteiger partial charge >= 0.3 is 6.18 Å². The Kier molecular flexibility index (Phi) is 4.76. The topological polar surface area (TPSA) is 62.0 Å². The van der Waals surface area contributed by atoms with Gasteiger partial charge in [-0.1, -0.05) is 0 Å². The molecule has 2 N–H and O–H groups in total. The monoisotopic (exact) mass is 386 g/mol. The quantitative estimate of drug-likeness (QED) is 0.655. The van der Waals surface area contributed by atoms with E-state index in [9.17, 15) is 26.0 Å². The number of sulfonamides is 1. The van der Waals surface area contributed by atoms with Crippen LogP contribution in [0.2, 0.25) is 0 Å². The van der Waals surface area contributed by atoms with Crippen molar-refractivity contribution in [2.75, 3.05) is 6.54 Å². The molecular weight excluding hydrogens is 372 g/mol. The second-order valence-electron chi connectivity index (χ2n) is 5.67. The summed E-state index contributed by atoms with van der Waals surface area (Å²) in [6.07, 6.45) is -2.57. The standard InChI is InChI=1S/C17H14F4N2O2S/c18-13-3-6-16-15(9-13)11(10-22-16)7-8-23-26(24,25)14-4-1-12(2-5-14)17(19,20)21/h1-6,9-10,22-23H,7-8H2. The van der Waals surface area contributed by atoms with Crippen LogP contribution in [0.3, 0.4) is 0 Å². The third kappa shape index (κ3) is 3.88. The molecule has 1 heterocycles. The molecule has 1 aromatic heterocycles. The number of aromatic amines is 1. The van der Waals surface area contributed by atoms with Gasteiger partial charge < -0.3 is 4.98 Å². The van der Waals surface area contributed by atoms with E-state index < -0.39 is 27.6 Å². The fourth-order valence-electron chi connectivity index (χ4n) is 2.58. The average molecular weight is 386 g/mol. The Labute approximate surface area is 146 Å². The highest BCUT2D eigenvalue weighted by atomic mass is 32.2. The van der Waals surface area contributed by atoms with E-state index in [0.29, 0.717) is 11.8 Å². The van der Waals surface area contributed by atoms with Crippen LogP contribution in [-0.4, -0.2) is 19.9 Å². The van der Waals surface area contributed by atoms with E-state index in [0.717, 1.165) is 35.3 Å². The molecule has 0 saturated heterocycles. The van der Waals surface area contributed by atoms with Crippen molar-refractivity contribution in [2.24, 2.45) is 0 Å². The molecule has 138 valence electrons. The molecule has 4 nitrogen and oxygen atoms in total. The number of alkyl halides is 3. The van der Waals surface area contributed by atoms with Crippen molar-refractivity contribution in [1.82, 2.24) is 9.71 Å². The van der Waals surface area contributed by atoms with Crippen LogP contribution in [0.4, 0.5) is 17.6 Å². The zero-order valence-corrected chi connectivity index (χ0v) is 14.1. The smallest absolute Gasteiger partial charge is 0.361 e. The molecule has 9 heteroatoms. The SMILES string of the molecule is O=S(=O)(NCCc1c[nH]c2ccc(F)cc12)c1ccc(C(F)(F)F)cc1. The van der Waals surface area contributed by atoms with Crippen molar-refractivity contribution < 1.29 is 26.0 Å². The molecule has 3 aromatic rings. The minimum absolute atomic E-state index is 0.0207. The van der Waals surface area contributed by atoms with Gasteiger partial charge in [-0.3, -0.25) is 0 Å². The van der Waals surface area contributed by atoms with Crippen molar-refractivity contribution >= 4 is 20.9 Å². The van der Waals surface area contributed by atoms with E-state index in [-0.39, 0.29) is 11.4 Å². The fraction of sp³-hybridized carbons (Fsp3) is 0.176. The number of rotatable bonds is 5. The molecule has 0 spiro atoms. The summed E-state index contributed by atoms with van der Waals surface area (Å²) in [6.45, 7) is 0.0207. The molecule has 0 saturated carbocycles. The highest BCUT2D eigenvalue weighted by molar-refractivity contribution is 7.89. The summed E-state index contributed by atoms with van der Waals surface area (Å²) in [5.74, 6) is -0.399. The van der Waals surface area contributed by atoms with Gasteiger partial charge in [0.1, 0.15) is 5.82 Å². The van der Waals surface area contributed by atoms with Crippen molar-refractivity contribution in [3.8, 4) is 0 Å².